The minimum atomic E-state index is -0.225. The number of nitrogens with one attached hydrogen (secondary N) is 1. The van der Waals surface area contributed by atoms with E-state index in [1.807, 2.05) is 11.0 Å². The average Bonchev–Trinajstić information content (AvgIpc) is 2.75. The van der Waals surface area contributed by atoms with E-state index >= 15 is 0 Å². The molecule has 0 aromatic heterocycles. The van der Waals surface area contributed by atoms with Crippen LogP contribution in [0, 0.1) is 12.7 Å². The van der Waals surface area contributed by atoms with Crippen molar-refractivity contribution in [2.45, 2.75) is 38.3 Å². The quantitative estimate of drug-likeness (QED) is 0.878. The number of rotatable bonds is 2. The predicted molar refractivity (Wildman–Crippen MR) is 102 cm³/mol. The molecule has 6 heteroatoms. The number of halogens is 1. The number of likely N-dealkylation sites (tertiary alicyclic amines) is 1. The molecule has 0 bridgehead atoms. The highest BCUT2D eigenvalue weighted by Crippen LogP contribution is 2.30. The molecular weight excluding hydrogens is 331 g/mol. The molecule has 3 rings (SSSR count). The lowest BCUT2D eigenvalue weighted by Gasteiger charge is -2.47. The van der Waals surface area contributed by atoms with Crippen LogP contribution in [0.2, 0.25) is 0 Å². The smallest absolute Gasteiger partial charge is 0.317 e. The summed E-state index contributed by atoms with van der Waals surface area (Å²) in [4.78, 5) is 19.3. The highest BCUT2D eigenvalue weighted by atomic mass is 19.1. The molecular formula is C20H31FN4O. The third-order valence-electron chi connectivity index (χ3n) is 6.07. The van der Waals surface area contributed by atoms with Gasteiger partial charge in [-0.1, -0.05) is 12.1 Å². The van der Waals surface area contributed by atoms with Gasteiger partial charge in [-0.15, -0.1) is 0 Å². The Kier molecular flexibility index (Phi) is 5.82. The number of nitrogens with zero attached hydrogens (tertiary/aromatic N) is 3. The van der Waals surface area contributed by atoms with Crippen molar-refractivity contribution in [3.05, 3.63) is 35.1 Å². The van der Waals surface area contributed by atoms with Crippen LogP contribution in [0.3, 0.4) is 0 Å². The molecule has 0 radical (unpaired) electrons. The van der Waals surface area contributed by atoms with Crippen molar-refractivity contribution in [1.82, 2.24) is 20.0 Å². The average molecular weight is 362 g/mol. The van der Waals surface area contributed by atoms with Crippen molar-refractivity contribution in [3.8, 4) is 0 Å². The monoisotopic (exact) mass is 362 g/mol. The zero-order valence-corrected chi connectivity index (χ0v) is 16.2. The summed E-state index contributed by atoms with van der Waals surface area (Å²) in [6, 6.07) is 5.06. The van der Waals surface area contributed by atoms with E-state index in [4.69, 9.17) is 0 Å². The van der Waals surface area contributed by atoms with Crippen molar-refractivity contribution in [2.75, 3.05) is 46.8 Å². The number of aryl methyl sites for hydroxylation is 1. The number of carbonyl (C=O) groups excluding carboxylic acids is 1. The number of piperidine rings is 1. The summed E-state index contributed by atoms with van der Waals surface area (Å²) in [5.74, 6) is -0.225. The van der Waals surface area contributed by atoms with Crippen LogP contribution in [0.15, 0.2) is 18.2 Å². The predicted octanol–water partition coefficient (Wildman–Crippen LogP) is 2.45. The van der Waals surface area contributed by atoms with Crippen LogP contribution in [0.5, 0.6) is 0 Å². The Labute approximate surface area is 156 Å². The molecule has 2 aliphatic rings. The SMILES string of the molecule is Cc1ccc(CNC(=O)N2CCC3(CC2)CN(C)CCCN3C)cc1F. The van der Waals surface area contributed by atoms with Gasteiger partial charge in [0.25, 0.3) is 0 Å². The van der Waals surface area contributed by atoms with E-state index in [0.717, 1.165) is 51.1 Å². The van der Waals surface area contributed by atoms with Gasteiger partial charge in [-0.05, 0) is 70.6 Å². The molecule has 1 spiro atoms. The lowest BCUT2D eigenvalue weighted by atomic mass is 9.85. The fourth-order valence-electron chi connectivity index (χ4n) is 4.22. The van der Waals surface area contributed by atoms with Crippen molar-refractivity contribution < 1.29 is 9.18 Å². The number of carbonyl (C=O) groups is 1. The molecule has 0 aliphatic carbocycles. The van der Waals surface area contributed by atoms with E-state index in [9.17, 15) is 9.18 Å². The van der Waals surface area contributed by atoms with Crippen molar-refractivity contribution in [1.29, 1.82) is 0 Å². The van der Waals surface area contributed by atoms with Crippen molar-refractivity contribution in [3.63, 3.8) is 0 Å². The van der Waals surface area contributed by atoms with Crippen molar-refractivity contribution >= 4 is 6.03 Å². The molecule has 0 atom stereocenters. The first kappa shape index (κ1) is 19.1. The molecule has 5 nitrogen and oxygen atoms in total. The van der Waals surface area contributed by atoms with E-state index in [0.29, 0.717) is 12.1 Å². The van der Waals surface area contributed by atoms with Crippen LogP contribution in [-0.2, 0) is 6.54 Å². The Morgan fingerprint density at radius 3 is 2.62 bits per heavy atom. The van der Waals surface area contributed by atoms with Crippen LogP contribution in [0.1, 0.15) is 30.4 Å². The van der Waals surface area contributed by atoms with E-state index in [1.54, 1.807) is 13.0 Å². The Balaban J connectivity index is 1.53. The molecule has 0 unspecified atom stereocenters. The minimum Gasteiger partial charge on any atom is -0.334 e. The van der Waals surface area contributed by atoms with Crippen LogP contribution < -0.4 is 5.32 Å². The summed E-state index contributed by atoms with van der Waals surface area (Å²) in [6.07, 6.45) is 3.20. The second kappa shape index (κ2) is 7.92. The summed E-state index contributed by atoms with van der Waals surface area (Å²) in [5, 5.41) is 2.94. The van der Waals surface area contributed by atoms with Crippen LogP contribution in [0.25, 0.3) is 0 Å². The van der Waals surface area contributed by atoms with Gasteiger partial charge >= 0.3 is 6.03 Å². The second-order valence-electron chi connectivity index (χ2n) is 7.97. The lowest BCUT2D eigenvalue weighted by molar-refractivity contribution is 0.0423. The maximum absolute atomic E-state index is 13.6. The molecule has 1 aromatic carbocycles. The van der Waals surface area contributed by atoms with Gasteiger partial charge in [0.15, 0.2) is 0 Å². The Morgan fingerprint density at radius 1 is 1.19 bits per heavy atom. The van der Waals surface area contributed by atoms with Gasteiger partial charge in [-0.3, -0.25) is 4.90 Å². The molecule has 144 valence electrons. The summed E-state index contributed by atoms with van der Waals surface area (Å²) >= 11 is 0. The normalized spacial score (nSPS) is 21.6. The molecule has 2 heterocycles. The topological polar surface area (TPSA) is 38.8 Å². The molecule has 2 saturated heterocycles. The van der Waals surface area contributed by atoms with E-state index in [2.05, 4.69) is 29.2 Å². The largest absolute Gasteiger partial charge is 0.334 e. The maximum atomic E-state index is 13.6. The molecule has 26 heavy (non-hydrogen) atoms. The fraction of sp³-hybridized carbons (Fsp3) is 0.650. The second-order valence-corrected chi connectivity index (χ2v) is 7.97. The van der Waals surface area contributed by atoms with Gasteiger partial charge < -0.3 is 15.1 Å². The van der Waals surface area contributed by atoms with E-state index < -0.39 is 0 Å². The van der Waals surface area contributed by atoms with Crippen LogP contribution in [-0.4, -0.2) is 73.1 Å². The summed E-state index contributed by atoms with van der Waals surface area (Å²) < 4.78 is 13.6. The van der Waals surface area contributed by atoms with Crippen LogP contribution in [0.4, 0.5) is 9.18 Å². The number of amides is 2. The molecule has 1 aromatic rings. The van der Waals surface area contributed by atoms with Crippen molar-refractivity contribution in [2.24, 2.45) is 0 Å². The summed E-state index contributed by atoms with van der Waals surface area (Å²) in [6.45, 7) is 6.97. The van der Waals surface area contributed by atoms with Gasteiger partial charge in [0.05, 0.1) is 0 Å². The molecule has 2 aliphatic heterocycles. The number of likely N-dealkylation sites (N-methyl/N-ethyl adjacent to an activating group) is 2. The minimum absolute atomic E-state index is 0.0505. The molecule has 1 N–H and O–H groups in total. The first-order valence-corrected chi connectivity index (χ1v) is 9.57. The third-order valence-corrected chi connectivity index (χ3v) is 6.07. The van der Waals surface area contributed by atoms with Gasteiger partial charge in [0.1, 0.15) is 5.82 Å². The van der Waals surface area contributed by atoms with Crippen LogP contribution >= 0.6 is 0 Å². The fourth-order valence-corrected chi connectivity index (χ4v) is 4.22. The third kappa shape index (κ3) is 4.18. The van der Waals surface area contributed by atoms with Gasteiger partial charge in [0, 0.05) is 31.7 Å². The van der Waals surface area contributed by atoms with E-state index in [1.165, 1.54) is 12.5 Å². The number of urea groups is 1. The Morgan fingerprint density at radius 2 is 1.92 bits per heavy atom. The molecule has 2 amide bonds. The zero-order chi connectivity index (χ0) is 18.7. The highest BCUT2D eigenvalue weighted by Gasteiger charge is 2.40. The molecule has 2 fully saturated rings. The Bertz CT molecular complexity index is 643. The number of hydrogen-bond donors (Lipinski definition) is 1. The lowest BCUT2D eigenvalue weighted by Crippen LogP contribution is -2.59. The molecule has 0 saturated carbocycles. The zero-order valence-electron chi connectivity index (χ0n) is 16.2. The first-order chi connectivity index (χ1) is 12.4. The first-order valence-electron chi connectivity index (χ1n) is 9.57. The van der Waals surface area contributed by atoms with Gasteiger partial charge in [0.2, 0.25) is 0 Å². The number of hydrogen-bond acceptors (Lipinski definition) is 3. The van der Waals surface area contributed by atoms with Gasteiger partial charge in [-0.25, -0.2) is 9.18 Å². The summed E-state index contributed by atoms with van der Waals surface area (Å²) in [7, 11) is 4.42. The summed E-state index contributed by atoms with van der Waals surface area (Å²) in [5.41, 5.74) is 1.60. The highest BCUT2D eigenvalue weighted by molar-refractivity contribution is 5.74. The van der Waals surface area contributed by atoms with Gasteiger partial charge in [-0.2, -0.15) is 0 Å². The Hall–Kier alpha value is -1.66. The standard InChI is InChI=1S/C20H31FN4O/c1-16-5-6-17(13-18(16)21)14-22-19(26)25-11-7-20(8-12-25)15-23(2)9-4-10-24(20)3/h5-6,13H,4,7-12,14-15H2,1-3H3,(H,22,26). The van der Waals surface area contributed by atoms with E-state index in [-0.39, 0.29) is 17.4 Å². The maximum Gasteiger partial charge on any atom is 0.317 e. The number of benzene rings is 1.